The van der Waals surface area contributed by atoms with E-state index in [4.69, 9.17) is 0 Å². The van der Waals surface area contributed by atoms with Crippen molar-refractivity contribution in [3.8, 4) is 0 Å². The van der Waals surface area contributed by atoms with Gasteiger partial charge in [0, 0.05) is 33.1 Å². The SMILES string of the molecule is CC(=O)N1CCN(C(=O)CSCC2CNC2)CC1. The van der Waals surface area contributed by atoms with E-state index in [-0.39, 0.29) is 11.8 Å². The summed E-state index contributed by atoms with van der Waals surface area (Å²) in [7, 11) is 0. The Morgan fingerprint density at radius 3 is 2.28 bits per heavy atom. The molecular formula is C12H21N3O2S. The molecule has 18 heavy (non-hydrogen) atoms. The zero-order valence-electron chi connectivity index (χ0n) is 10.9. The maximum atomic E-state index is 11.9. The second-order valence-corrected chi connectivity index (χ2v) is 5.96. The minimum atomic E-state index is 0.106. The third kappa shape index (κ3) is 3.62. The first-order valence-electron chi connectivity index (χ1n) is 6.48. The highest BCUT2D eigenvalue weighted by atomic mass is 32.2. The summed E-state index contributed by atoms with van der Waals surface area (Å²) < 4.78 is 0. The average molecular weight is 271 g/mol. The highest BCUT2D eigenvalue weighted by Crippen LogP contribution is 2.13. The number of carbonyl (C=O) groups excluding carboxylic acids is 2. The van der Waals surface area contributed by atoms with Crippen LogP contribution in [0.15, 0.2) is 0 Å². The third-order valence-corrected chi connectivity index (χ3v) is 4.68. The average Bonchev–Trinajstić information content (AvgIpc) is 2.32. The van der Waals surface area contributed by atoms with Gasteiger partial charge in [-0.2, -0.15) is 11.8 Å². The summed E-state index contributed by atoms with van der Waals surface area (Å²) in [6.45, 7) is 6.50. The zero-order chi connectivity index (χ0) is 13.0. The molecule has 0 radical (unpaired) electrons. The Balaban J connectivity index is 1.62. The van der Waals surface area contributed by atoms with Crippen LogP contribution in [0, 0.1) is 5.92 Å². The largest absolute Gasteiger partial charge is 0.339 e. The number of rotatable bonds is 4. The minimum absolute atomic E-state index is 0.106. The van der Waals surface area contributed by atoms with Crippen LogP contribution in [-0.4, -0.2) is 72.4 Å². The first kappa shape index (κ1) is 13.7. The summed E-state index contributed by atoms with van der Waals surface area (Å²) in [6, 6.07) is 0. The fourth-order valence-electron chi connectivity index (χ4n) is 2.14. The number of piperazine rings is 1. The predicted molar refractivity (Wildman–Crippen MR) is 72.5 cm³/mol. The molecule has 0 aromatic rings. The maximum absolute atomic E-state index is 11.9. The molecule has 2 aliphatic heterocycles. The molecule has 2 amide bonds. The van der Waals surface area contributed by atoms with Crippen molar-refractivity contribution in [3.63, 3.8) is 0 Å². The highest BCUT2D eigenvalue weighted by Gasteiger charge is 2.23. The van der Waals surface area contributed by atoms with E-state index in [1.807, 2.05) is 4.90 Å². The zero-order valence-corrected chi connectivity index (χ0v) is 11.7. The lowest BCUT2D eigenvalue weighted by Crippen LogP contribution is -2.50. The van der Waals surface area contributed by atoms with Gasteiger partial charge in [0.2, 0.25) is 11.8 Å². The van der Waals surface area contributed by atoms with Crippen molar-refractivity contribution in [1.29, 1.82) is 0 Å². The van der Waals surface area contributed by atoms with Crippen molar-refractivity contribution in [2.24, 2.45) is 5.92 Å². The van der Waals surface area contributed by atoms with Crippen LogP contribution in [0.1, 0.15) is 6.92 Å². The molecular weight excluding hydrogens is 250 g/mol. The molecule has 0 aliphatic carbocycles. The fraction of sp³-hybridized carbons (Fsp3) is 0.833. The Hall–Kier alpha value is -0.750. The molecule has 0 saturated carbocycles. The van der Waals surface area contributed by atoms with Gasteiger partial charge in [0.25, 0.3) is 0 Å². The first-order valence-corrected chi connectivity index (χ1v) is 7.64. The van der Waals surface area contributed by atoms with Gasteiger partial charge in [-0.15, -0.1) is 0 Å². The smallest absolute Gasteiger partial charge is 0.232 e. The van der Waals surface area contributed by atoms with Crippen LogP contribution in [0.5, 0.6) is 0 Å². The Morgan fingerprint density at radius 1 is 1.17 bits per heavy atom. The van der Waals surface area contributed by atoms with Crippen molar-refractivity contribution in [3.05, 3.63) is 0 Å². The number of nitrogens with one attached hydrogen (secondary N) is 1. The fourth-order valence-corrected chi connectivity index (χ4v) is 3.19. The van der Waals surface area contributed by atoms with Gasteiger partial charge in [0.05, 0.1) is 5.75 Å². The van der Waals surface area contributed by atoms with Crippen LogP contribution in [-0.2, 0) is 9.59 Å². The molecule has 0 unspecified atom stereocenters. The number of hydrogen-bond donors (Lipinski definition) is 1. The molecule has 2 aliphatic rings. The standard InChI is InChI=1S/C12H21N3O2S/c1-10(16)14-2-4-15(5-3-14)12(17)9-18-8-11-6-13-7-11/h11,13H,2-9H2,1H3. The molecule has 0 aromatic heterocycles. The quantitative estimate of drug-likeness (QED) is 0.758. The van der Waals surface area contributed by atoms with Crippen molar-refractivity contribution < 1.29 is 9.59 Å². The summed E-state index contributed by atoms with van der Waals surface area (Å²) in [5.41, 5.74) is 0. The molecule has 2 fully saturated rings. The van der Waals surface area contributed by atoms with Gasteiger partial charge in [0.15, 0.2) is 0 Å². The maximum Gasteiger partial charge on any atom is 0.232 e. The Labute approximate surface area is 112 Å². The Bertz CT molecular complexity index is 312. The van der Waals surface area contributed by atoms with Crippen LogP contribution in [0.25, 0.3) is 0 Å². The molecule has 5 nitrogen and oxygen atoms in total. The van der Waals surface area contributed by atoms with Gasteiger partial charge in [-0.05, 0) is 24.8 Å². The molecule has 2 rings (SSSR count). The van der Waals surface area contributed by atoms with E-state index in [1.54, 1.807) is 23.6 Å². The Kier molecular flexibility index (Phi) is 4.88. The topological polar surface area (TPSA) is 52.7 Å². The third-order valence-electron chi connectivity index (χ3n) is 3.52. The highest BCUT2D eigenvalue weighted by molar-refractivity contribution is 7.99. The molecule has 0 atom stereocenters. The number of carbonyl (C=O) groups is 2. The number of hydrogen-bond acceptors (Lipinski definition) is 4. The van der Waals surface area contributed by atoms with Crippen molar-refractivity contribution in [1.82, 2.24) is 15.1 Å². The lowest BCUT2D eigenvalue weighted by atomic mass is 10.1. The lowest BCUT2D eigenvalue weighted by molar-refractivity contribution is -0.136. The molecule has 2 saturated heterocycles. The van der Waals surface area contributed by atoms with Gasteiger partial charge in [-0.3, -0.25) is 9.59 Å². The number of amides is 2. The van der Waals surface area contributed by atoms with E-state index in [0.29, 0.717) is 31.9 Å². The first-order chi connectivity index (χ1) is 8.66. The molecule has 0 aromatic carbocycles. The van der Waals surface area contributed by atoms with Gasteiger partial charge in [0.1, 0.15) is 0 Å². The van der Waals surface area contributed by atoms with Crippen LogP contribution in [0.3, 0.4) is 0 Å². The van der Waals surface area contributed by atoms with Crippen LogP contribution < -0.4 is 5.32 Å². The summed E-state index contributed by atoms with van der Waals surface area (Å²) in [6.07, 6.45) is 0. The lowest BCUT2D eigenvalue weighted by Gasteiger charge is -2.34. The molecule has 2 heterocycles. The monoisotopic (exact) mass is 271 g/mol. The van der Waals surface area contributed by atoms with E-state index in [0.717, 1.165) is 24.8 Å². The van der Waals surface area contributed by atoms with Crippen molar-refractivity contribution >= 4 is 23.6 Å². The molecule has 102 valence electrons. The van der Waals surface area contributed by atoms with Gasteiger partial charge < -0.3 is 15.1 Å². The summed E-state index contributed by atoms with van der Waals surface area (Å²) >= 11 is 1.73. The summed E-state index contributed by atoms with van der Waals surface area (Å²) in [4.78, 5) is 26.8. The van der Waals surface area contributed by atoms with Crippen LogP contribution in [0.2, 0.25) is 0 Å². The van der Waals surface area contributed by atoms with E-state index in [9.17, 15) is 9.59 Å². The second kappa shape index (κ2) is 6.43. The summed E-state index contributed by atoms with van der Waals surface area (Å²) in [5, 5.41) is 3.23. The predicted octanol–water partition coefficient (Wildman–Crippen LogP) is -0.370. The van der Waals surface area contributed by atoms with E-state index in [1.165, 1.54) is 0 Å². The minimum Gasteiger partial charge on any atom is -0.339 e. The van der Waals surface area contributed by atoms with Gasteiger partial charge in [-0.25, -0.2) is 0 Å². The second-order valence-electron chi connectivity index (χ2n) is 4.93. The molecule has 1 N–H and O–H groups in total. The van der Waals surface area contributed by atoms with Gasteiger partial charge >= 0.3 is 0 Å². The van der Waals surface area contributed by atoms with E-state index in [2.05, 4.69) is 5.32 Å². The molecule has 0 spiro atoms. The molecule has 6 heteroatoms. The molecule has 0 bridgehead atoms. The van der Waals surface area contributed by atoms with E-state index >= 15 is 0 Å². The normalized spacial score (nSPS) is 20.7. The van der Waals surface area contributed by atoms with E-state index < -0.39 is 0 Å². The van der Waals surface area contributed by atoms with Crippen LogP contribution >= 0.6 is 11.8 Å². The van der Waals surface area contributed by atoms with Crippen molar-refractivity contribution in [2.75, 3.05) is 50.8 Å². The summed E-state index contributed by atoms with van der Waals surface area (Å²) in [5.74, 6) is 2.73. The number of thioether (sulfide) groups is 1. The van der Waals surface area contributed by atoms with Crippen LogP contribution in [0.4, 0.5) is 0 Å². The van der Waals surface area contributed by atoms with Crippen molar-refractivity contribution in [2.45, 2.75) is 6.92 Å². The number of nitrogens with zero attached hydrogens (tertiary/aromatic N) is 2. The van der Waals surface area contributed by atoms with Gasteiger partial charge in [-0.1, -0.05) is 0 Å². The Morgan fingerprint density at radius 2 is 1.78 bits per heavy atom.